The Labute approximate surface area is 96.7 Å². The van der Waals surface area contributed by atoms with Crippen molar-refractivity contribution in [3.63, 3.8) is 0 Å². The molecule has 2 saturated heterocycles. The van der Waals surface area contributed by atoms with Crippen LogP contribution in [0.15, 0.2) is 0 Å². The van der Waals surface area contributed by atoms with Crippen LogP contribution in [0.5, 0.6) is 0 Å². The summed E-state index contributed by atoms with van der Waals surface area (Å²) in [6, 6.07) is 0.182. The van der Waals surface area contributed by atoms with E-state index < -0.39 is 0 Å². The van der Waals surface area contributed by atoms with Crippen molar-refractivity contribution in [2.24, 2.45) is 5.92 Å². The summed E-state index contributed by atoms with van der Waals surface area (Å²) in [6.07, 6.45) is 5.24. The second-order valence-corrected chi connectivity index (χ2v) is 5.17. The minimum absolute atomic E-state index is 0.0219. The minimum Gasteiger partial charge on any atom is -0.633 e. The molecule has 2 heterocycles. The highest BCUT2D eigenvalue weighted by molar-refractivity contribution is 5.65. The van der Waals surface area contributed by atoms with Crippen LogP contribution < -0.4 is 0 Å². The van der Waals surface area contributed by atoms with E-state index >= 15 is 0 Å². The molecular weight excluding hydrogens is 206 g/mol. The van der Waals surface area contributed by atoms with Gasteiger partial charge in [-0.05, 0) is 25.7 Å². The highest BCUT2D eigenvalue weighted by Gasteiger charge is 2.41. The second kappa shape index (κ2) is 4.72. The summed E-state index contributed by atoms with van der Waals surface area (Å²) in [6.45, 7) is 3.41. The van der Waals surface area contributed by atoms with Crippen LogP contribution >= 0.6 is 0 Å². The lowest BCUT2D eigenvalue weighted by molar-refractivity contribution is -0.920. The number of hydrogen-bond acceptors (Lipinski definition) is 3. The molecular formula is C12H21NO3. The largest absolute Gasteiger partial charge is 0.633 e. The van der Waals surface area contributed by atoms with Crippen LogP contribution in [0.2, 0.25) is 0 Å². The van der Waals surface area contributed by atoms with E-state index in [1.807, 2.05) is 0 Å². The average Bonchev–Trinajstić information content (AvgIpc) is 2.25. The van der Waals surface area contributed by atoms with Gasteiger partial charge in [-0.2, -0.15) is 0 Å². The number of fused-ring (bicyclic) bond motifs is 1. The second-order valence-electron chi connectivity index (χ2n) is 5.17. The van der Waals surface area contributed by atoms with Crippen LogP contribution in [0.3, 0.4) is 0 Å². The number of esters is 1. The van der Waals surface area contributed by atoms with Crippen LogP contribution in [-0.4, -0.2) is 36.4 Å². The number of piperidine rings is 2. The van der Waals surface area contributed by atoms with E-state index in [0.29, 0.717) is 6.61 Å². The summed E-state index contributed by atoms with van der Waals surface area (Å²) in [4.78, 5) is 10.8. The fraction of sp³-hybridized carbons (Fsp3) is 0.917. The highest BCUT2D eigenvalue weighted by Crippen LogP contribution is 2.36. The van der Waals surface area contributed by atoms with E-state index in [2.05, 4.69) is 0 Å². The smallest absolute Gasteiger partial charge is 0.302 e. The average molecular weight is 227 g/mol. The first kappa shape index (κ1) is 11.9. The Hall–Kier alpha value is -0.610. The molecule has 0 aromatic heterocycles. The van der Waals surface area contributed by atoms with Gasteiger partial charge in [-0.15, -0.1) is 0 Å². The first-order valence-corrected chi connectivity index (χ1v) is 6.33. The Balaban J connectivity index is 1.99. The van der Waals surface area contributed by atoms with E-state index in [1.165, 1.54) is 6.92 Å². The molecule has 92 valence electrons. The molecule has 3 atom stereocenters. The first-order chi connectivity index (χ1) is 7.62. The van der Waals surface area contributed by atoms with Gasteiger partial charge in [-0.3, -0.25) is 4.79 Å². The van der Waals surface area contributed by atoms with Crippen LogP contribution in [0.1, 0.15) is 39.0 Å². The van der Waals surface area contributed by atoms with Crippen LogP contribution in [0.4, 0.5) is 0 Å². The molecule has 0 spiro atoms. The summed E-state index contributed by atoms with van der Waals surface area (Å²) in [7, 11) is 0. The quantitative estimate of drug-likeness (QED) is 0.411. The van der Waals surface area contributed by atoms with Gasteiger partial charge in [-0.25, -0.2) is 0 Å². The molecule has 2 rings (SSSR count). The van der Waals surface area contributed by atoms with Gasteiger partial charge >= 0.3 is 5.97 Å². The van der Waals surface area contributed by atoms with Crippen LogP contribution in [-0.2, 0) is 9.53 Å². The van der Waals surface area contributed by atoms with Gasteiger partial charge < -0.3 is 14.6 Å². The number of carbonyl (C=O) groups excluding carboxylic acids is 1. The van der Waals surface area contributed by atoms with Gasteiger partial charge in [-0.1, -0.05) is 0 Å². The summed E-state index contributed by atoms with van der Waals surface area (Å²) in [5.41, 5.74) is 0. The highest BCUT2D eigenvalue weighted by atomic mass is 16.6. The van der Waals surface area contributed by atoms with Crippen molar-refractivity contribution in [1.82, 2.24) is 0 Å². The Morgan fingerprint density at radius 1 is 1.31 bits per heavy atom. The topological polar surface area (TPSA) is 49.4 Å². The van der Waals surface area contributed by atoms with Crippen LogP contribution in [0, 0.1) is 11.1 Å². The summed E-state index contributed by atoms with van der Waals surface area (Å²) < 4.78 is 5.07. The van der Waals surface area contributed by atoms with Crippen molar-refractivity contribution in [2.45, 2.75) is 45.1 Å². The zero-order valence-corrected chi connectivity index (χ0v) is 9.98. The Bertz CT molecular complexity index is 265. The summed E-state index contributed by atoms with van der Waals surface area (Å²) >= 11 is 0. The maximum absolute atomic E-state index is 12.6. The van der Waals surface area contributed by atoms with Gasteiger partial charge in [0.15, 0.2) is 0 Å². The molecule has 0 N–H and O–H groups in total. The molecule has 2 aliphatic rings. The Kier molecular flexibility index (Phi) is 3.50. The number of hydrogen-bond donors (Lipinski definition) is 0. The number of nitrogens with zero attached hydrogens (tertiary/aromatic N) is 1. The first-order valence-electron chi connectivity index (χ1n) is 6.33. The van der Waals surface area contributed by atoms with Crippen molar-refractivity contribution >= 4 is 5.97 Å². The number of hydroxylamine groups is 3. The Morgan fingerprint density at radius 2 is 2.06 bits per heavy atom. The van der Waals surface area contributed by atoms with Crippen molar-refractivity contribution in [3.8, 4) is 0 Å². The molecule has 0 unspecified atom stereocenters. The van der Waals surface area contributed by atoms with Gasteiger partial charge in [0.2, 0.25) is 0 Å². The zero-order valence-electron chi connectivity index (χ0n) is 9.98. The SMILES string of the molecule is CC(=O)OC[C@H]1CCC[N@+]2([O-])CCCC[C@H]12. The lowest BCUT2D eigenvalue weighted by Gasteiger charge is -2.56. The molecule has 0 bridgehead atoms. The number of ether oxygens (including phenoxy) is 1. The molecule has 0 aliphatic carbocycles. The van der Waals surface area contributed by atoms with E-state index in [9.17, 15) is 10.0 Å². The van der Waals surface area contributed by atoms with Crippen molar-refractivity contribution < 1.29 is 14.2 Å². The molecule has 0 saturated carbocycles. The molecule has 16 heavy (non-hydrogen) atoms. The van der Waals surface area contributed by atoms with E-state index in [-0.39, 0.29) is 22.6 Å². The van der Waals surface area contributed by atoms with Crippen molar-refractivity contribution in [2.75, 3.05) is 19.7 Å². The number of rotatable bonds is 2. The van der Waals surface area contributed by atoms with Crippen molar-refractivity contribution in [1.29, 1.82) is 0 Å². The molecule has 4 heteroatoms. The van der Waals surface area contributed by atoms with E-state index in [4.69, 9.17) is 4.74 Å². The van der Waals surface area contributed by atoms with Gasteiger partial charge in [0.25, 0.3) is 0 Å². The molecule has 4 nitrogen and oxygen atoms in total. The zero-order chi connectivity index (χ0) is 11.6. The standard InChI is InChI=1S/C12H21NO3/c1-10(14)16-9-11-5-4-8-13(15)7-3-2-6-12(11)13/h11-12H,2-9H2,1H3/t11-,12-,13-/m1/s1. The summed E-state index contributed by atoms with van der Waals surface area (Å²) in [5, 5.41) is 12.6. The molecule has 2 aliphatic heterocycles. The fourth-order valence-electron chi connectivity index (χ4n) is 3.26. The molecule has 0 radical (unpaired) electrons. The van der Waals surface area contributed by atoms with Crippen molar-refractivity contribution in [3.05, 3.63) is 5.21 Å². The predicted octanol–water partition coefficient (Wildman–Crippen LogP) is 1.83. The predicted molar refractivity (Wildman–Crippen MR) is 60.4 cm³/mol. The maximum Gasteiger partial charge on any atom is 0.302 e. The van der Waals surface area contributed by atoms with Crippen LogP contribution in [0.25, 0.3) is 0 Å². The third-order valence-electron chi connectivity index (χ3n) is 4.05. The molecule has 2 fully saturated rings. The monoisotopic (exact) mass is 227 g/mol. The van der Waals surface area contributed by atoms with Gasteiger partial charge in [0.1, 0.15) is 0 Å². The Morgan fingerprint density at radius 3 is 2.81 bits per heavy atom. The minimum atomic E-state index is -0.231. The normalized spacial score (nSPS) is 38.9. The molecule has 0 aromatic rings. The molecule has 0 aromatic carbocycles. The number of carbonyl (C=O) groups is 1. The fourth-order valence-corrected chi connectivity index (χ4v) is 3.26. The van der Waals surface area contributed by atoms with E-state index in [1.54, 1.807) is 0 Å². The van der Waals surface area contributed by atoms with Gasteiger partial charge in [0.05, 0.1) is 25.7 Å². The third-order valence-corrected chi connectivity index (χ3v) is 4.05. The molecule has 0 amide bonds. The van der Waals surface area contributed by atoms with Gasteiger partial charge in [0, 0.05) is 19.3 Å². The van der Waals surface area contributed by atoms with E-state index in [0.717, 1.165) is 45.2 Å². The maximum atomic E-state index is 12.6. The summed E-state index contributed by atoms with van der Waals surface area (Å²) in [5.74, 6) is 0.0563. The third kappa shape index (κ3) is 2.38. The lowest BCUT2D eigenvalue weighted by atomic mass is 9.83. The lowest BCUT2D eigenvalue weighted by Crippen LogP contribution is -2.60. The number of quaternary nitrogens is 1.